The van der Waals surface area contributed by atoms with Crippen LogP contribution in [0.25, 0.3) is 0 Å². The average molecular weight is 289 g/mol. The first-order valence-corrected chi connectivity index (χ1v) is 7.55. The minimum Gasteiger partial charge on any atom is -0.313 e. The van der Waals surface area contributed by atoms with E-state index >= 15 is 0 Å². The molecule has 0 saturated carbocycles. The van der Waals surface area contributed by atoms with Crippen molar-refractivity contribution in [2.24, 2.45) is 0 Å². The summed E-state index contributed by atoms with van der Waals surface area (Å²) < 4.78 is 0. The first-order chi connectivity index (χ1) is 8.65. The number of nitro benzene ring substituents is 1. The van der Waals surface area contributed by atoms with Crippen molar-refractivity contribution in [3.05, 3.63) is 38.9 Å². The van der Waals surface area contributed by atoms with Crippen LogP contribution in [0.2, 0.25) is 5.02 Å². The van der Waals surface area contributed by atoms with Crippen LogP contribution in [0, 0.1) is 10.1 Å². The Hall–Kier alpha value is -0.780. The Kier molecular flexibility index (Phi) is 7.08. The van der Waals surface area contributed by atoms with Crippen molar-refractivity contribution in [1.82, 2.24) is 5.32 Å². The van der Waals surface area contributed by atoms with Gasteiger partial charge in [0.25, 0.3) is 5.69 Å². The molecule has 18 heavy (non-hydrogen) atoms. The minimum absolute atomic E-state index is 0.0820. The molecule has 1 rings (SSSR count). The van der Waals surface area contributed by atoms with Crippen molar-refractivity contribution in [2.75, 3.05) is 18.6 Å². The van der Waals surface area contributed by atoms with Gasteiger partial charge in [-0.05, 0) is 43.0 Å². The summed E-state index contributed by atoms with van der Waals surface area (Å²) in [5.41, 5.74) is 0.856. The van der Waals surface area contributed by atoms with Gasteiger partial charge in [-0.15, -0.1) is 0 Å². The highest BCUT2D eigenvalue weighted by molar-refractivity contribution is 7.98. The number of hydrogen-bond acceptors (Lipinski definition) is 4. The van der Waals surface area contributed by atoms with Crippen molar-refractivity contribution in [3.63, 3.8) is 0 Å². The van der Waals surface area contributed by atoms with Gasteiger partial charge in [0, 0.05) is 23.7 Å². The molecule has 0 amide bonds. The molecule has 1 aromatic rings. The van der Waals surface area contributed by atoms with Crippen LogP contribution in [0.5, 0.6) is 0 Å². The third kappa shape index (κ3) is 5.25. The number of halogens is 1. The van der Waals surface area contributed by atoms with Crippen LogP contribution >= 0.6 is 23.4 Å². The summed E-state index contributed by atoms with van der Waals surface area (Å²) in [4.78, 5) is 10.2. The molecule has 0 radical (unpaired) electrons. The number of unbranched alkanes of at least 4 members (excludes halogenated alkanes) is 1. The lowest BCUT2D eigenvalue weighted by Crippen LogP contribution is -2.15. The average Bonchev–Trinajstić information content (AvgIpc) is 2.35. The molecule has 0 bridgehead atoms. The smallest absolute Gasteiger partial charge is 0.269 e. The van der Waals surface area contributed by atoms with Crippen molar-refractivity contribution in [1.29, 1.82) is 0 Å². The predicted molar refractivity (Wildman–Crippen MR) is 77.4 cm³/mol. The Bertz CT molecular complexity index is 402. The van der Waals surface area contributed by atoms with Crippen molar-refractivity contribution in [2.45, 2.75) is 19.4 Å². The van der Waals surface area contributed by atoms with Crippen LogP contribution in [0.4, 0.5) is 5.69 Å². The van der Waals surface area contributed by atoms with E-state index in [1.165, 1.54) is 24.3 Å². The lowest BCUT2D eigenvalue weighted by atomic mass is 10.2. The summed E-state index contributed by atoms with van der Waals surface area (Å²) >= 11 is 7.84. The highest BCUT2D eigenvalue weighted by Gasteiger charge is 2.09. The molecule has 0 saturated heterocycles. The van der Waals surface area contributed by atoms with Gasteiger partial charge in [-0.1, -0.05) is 11.6 Å². The normalized spacial score (nSPS) is 10.6. The Balaban J connectivity index is 2.41. The summed E-state index contributed by atoms with van der Waals surface area (Å²) in [6, 6.07) is 4.52. The van der Waals surface area contributed by atoms with Crippen molar-refractivity contribution < 1.29 is 4.92 Å². The van der Waals surface area contributed by atoms with Gasteiger partial charge in [0.05, 0.1) is 4.92 Å². The quantitative estimate of drug-likeness (QED) is 0.452. The zero-order valence-electron chi connectivity index (χ0n) is 10.3. The van der Waals surface area contributed by atoms with E-state index in [0.717, 1.165) is 18.5 Å². The van der Waals surface area contributed by atoms with Gasteiger partial charge in [-0.3, -0.25) is 10.1 Å². The Labute approximate surface area is 116 Å². The summed E-state index contributed by atoms with van der Waals surface area (Å²) in [6.07, 6.45) is 4.38. The molecule has 0 atom stereocenters. The van der Waals surface area contributed by atoms with Crippen molar-refractivity contribution >= 4 is 29.1 Å². The van der Waals surface area contributed by atoms with Crippen LogP contribution in [0.15, 0.2) is 18.2 Å². The fraction of sp³-hybridized carbons (Fsp3) is 0.500. The second kappa shape index (κ2) is 8.34. The van der Waals surface area contributed by atoms with E-state index in [-0.39, 0.29) is 5.69 Å². The van der Waals surface area contributed by atoms with E-state index in [0.29, 0.717) is 11.6 Å². The minimum atomic E-state index is -0.404. The van der Waals surface area contributed by atoms with E-state index in [2.05, 4.69) is 11.6 Å². The van der Waals surface area contributed by atoms with Crippen LogP contribution in [0.3, 0.4) is 0 Å². The summed E-state index contributed by atoms with van der Waals surface area (Å²) in [5, 5.41) is 14.5. The second-order valence-corrected chi connectivity index (χ2v) is 5.30. The molecule has 0 aliphatic rings. The van der Waals surface area contributed by atoms with E-state index in [4.69, 9.17) is 11.6 Å². The van der Waals surface area contributed by atoms with Gasteiger partial charge >= 0.3 is 0 Å². The molecule has 0 aliphatic heterocycles. The zero-order chi connectivity index (χ0) is 13.4. The first kappa shape index (κ1) is 15.3. The van der Waals surface area contributed by atoms with Crippen LogP contribution in [-0.2, 0) is 6.54 Å². The number of nitrogens with one attached hydrogen (secondary N) is 1. The molecule has 0 unspecified atom stereocenters. The number of thioether (sulfide) groups is 1. The number of nitrogens with zero attached hydrogens (tertiary/aromatic N) is 1. The van der Waals surface area contributed by atoms with Gasteiger partial charge in [0.15, 0.2) is 0 Å². The topological polar surface area (TPSA) is 55.2 Å². The highest BCUT2D eigenvalue weighted by atomic mass is 35.5. The van der Waals surface area contributed by atoms with Gasteiger partial charge in [-0.25, -0.2) is 0 Å². The number of hydrogen-bond donors (Lipinski definition) is 1. The van der Waals surface area contributed by atoms with Gasteiger partial charge in [-0.2, -0.15) is 11.8 Å². The molecular formula is C12H17ClN2O2S. The molecule has 0 aliphatic carbocycles. The molecule has 0 spiro atoms. The molecule has 0 aromatic heterocycles. The van der Waals surface area contributed by atoms with Gasteiger partial charge < -0.3 is 5.32 Å². The molecular weight excluding hydrogens is 272 g/mol. The maximum Gasteiger partial charge on any atom is 0.269 e. The highest BCUT2D eigenvalue weighted by Crippen LogP contribution is 2.21. The molecule has 1 aromatic carbocycles. The Morgan fingerprint density at radius 1 is 1.44 bits per heavy atom. The summed E-state index contributed by atoms with van der Waals surface area (Å²) in [6.45, 7) is 1.47. The van der Waals surface area contributed by atoms with E-state index in [1.54, 1.807) is 6.07 Å². The molecule has 1 N–H and O–H groups in total. The van der Waals surface area contributed by atoms with Crippen LogP contribution in [-0.4, -0.2) is 23.5 Å². The van der Waals surface area contributed by atoms with E-state index in [9.17, 15) is 10.1 Å². The number of benzene rings is 1. The van der Waals surface area contributed by atoms with Crippen LogP contribution in [0.1, 0.15) is 18.4 Å². The Morgan fingerprint density at radius 3 is 2.89 bits per heavy atom. The molecule has 0 heterocycles. The molecule has 100 valence electrons. The summed E-state index contributed by atoms with van der Waals surface area (Å²) in [7, 11) is 0. The number of rotatable bonds is 8. The second-order valence-electron chi connectivity index (χ2n) is 3.91. The third-order valence-electron chi connectivity index (χ3n) is 2.51. The van der Waals surface area contributed by atoms with Gasteiger partial charge in [0.1, 0.15) is 0 Å². The standard InChI is InChI=1S/C12H17ClN2O2S/c1-18-7-3-2-6-14-9-10-8-11(15(16)17)4-5-12(10)13/h4-5,8,14H,2-3,6-7,9H2,1H3. The molecule has 6 heteroatoms. The van der Waals surface area contributed by atoms with Gasteiger partial charge in [0.2, 0.25) is 0 Å². The lowest BCUT2D eigenvalue weighted by molar-refractivity contribution is -0.384. The fourth-order valence-corrected chi connectivity index (χ4v) is 2.21. The van der Waals surface area contributed by atoms with Crippen molar-refractivity contribution in [3.8, 4) is 0 Å². The van der Waals surface area contributed by atoms with E-state index < -0.39 is 4.92 Å². The SMILES string of the molecule is CSCCCCNCc1cc([N+](=O)[O-])ccc1Cl. The zero-order valence-corrected chi connectivity index (χ0v) is 11.9. The monoisotopic (exact) mass is 288 g/mol. The lowest BCUT2D eigenvalue weighted by Gasteiger charge is -2.06. The maximum atomic E-state index is 10.7. The van der Waals surface area contributed by atoms with Crippen LogP contribution < -0.4 is 5.32 Å². The largest absolute Gasteiger partial charge is 0.313 e. The Morgan fingerprint density at radius 2 is 2.22 bits per heavy atom. The third-order valence-corrected chi connectivity index (χ3v) is 3.57. The first-order valence-electron chi connectivity index (χ1n) is 5.77. The molecule has 4 nitrogen and oxygen atoms in total. The fourth-order valence-electron chi connectivity index (χ4n) is 1.53. The predicted octanol–water partition coefficient (Wildman–Crippen LogP) is 3.48. The summed E-state index contributed by atoms with van der Waals surface area (Å²) in [5.74, 6) is 1.17. The molecule has 0 fully saturated rings. The number of nitro groups is 1. The number of non-ortho nitro benzene ring substituents is 1. The maximum absolute atomic E-state index is 10.7. The van der Waals surface area contributed by atoms with E-state index in [1.807, 2.05) is 11.8 Å².